The van der Waals surface area contributed by atoms with Gasteiger partial charge in [0.05, 0.1) is 6.61 Å². The fraction of sp³-hybridized carbons (Fsp3) is 0.750. The highest BCUT2D eigenvalue weighted by atomic mass is 16.6. The van der Waals surface area contributed by atoms with Crippen LogP contribution in [0.4, 0.5) is 4.79 Å². The second-order valence-electron chi connectivity index (χ2n) is 4.85. The minimum atomic E-state index is -0.689. The molecule has 0 saturated heterocycles. The summed E-state index contributed by atoms with van der Waals surface area (Å²) < 4.78 is 9.89. The molecule has 1 unspecified atom stereocenters. The third kappa shape index (κ3) is 10.7. The van der Waals surface area contributed by atoms with E-state index in [2.05, 4.69) is 18.2 Å². The van der Waals surface area contributed by atoms with Gasteiger partial charge >= 0.3 is 12.1 Å². The zero-order valence-corrected chi connectivity index (χ0v) is 13.2. The van der Waals surface area contributed by atoms with E-state index in [0.29, 0.717) is 13.0 Å². The van der Waals surface area contributed by atoms with Crippen LogP contribution in [-0.2, 0) is 14.3 Å². The Hall–Kier alpha value is -1.70. The standard InChI is InChI=1S/C16H27NO4/c1-4-7-8-9-10-13-20-15(18)14(11-5-2)17-16(19)21-12-6-3/h3,14H,4-5,7-13H2,1-2H3,(H,17,19). The van der Waals surface area contributed by atoms with Crippen LogP contribution in [0, 0.1) is 12.3 Å². The zero-order valence-electron chi connectivity index (χ0n) is 13.2. The number of carbonyl (C=O) groups is 2. The molecule has 120 valence electrons. The van der Waals surface area contributed by atoms with Gasteiger partial charge in [0.1, 0.15) is 6.04 Å². The molecule has 0 aromatic rings. The van der Waals surface area contributed by atoms with Crippen LogP contribution in [0.3, 0.4) is 0 Å². The maximum absolute atomic E-state index is 11.9. The molecule has 0 bridgehead atoms. The van der Waals surface area contributed by atoms with Gasteiger partial charge in [0.2, 0.25) is 0 Å². The molecule has 5 heteroatoms. The molecule has 0 heterocycles. The van der Waals surface area contributed by atoms with Crippen molar-refractivity contribution >= 4 is 12.1 Å². The lowest BCUT2D eigenvalue weighted by Gasteiger charge is -2.16. The average molecular weight is 297 g/mol. The first-order chi connectivity index (χ1) is 10.2. The van der Waals surface area contributed by atoms with Crippen molar-refractivity contribution in [2.24, 2.45) is 0 Å². The maximum atomic E-state index is 11.9. The van der Waals surface area contributed by atoms with E-state index in [1.54, 1.807) is 0 Å². The van der Waals surface area contributed by atoms with Gasteiger partial charge < -0.3 is 14.8 Å². The highest BCUT2D eigenvalue weighted by Gasteiger charge is 2.21. The molecule has 1 N–H and O–H groups in total. The summed E-state index contributed by atoms with van der Waals surface area (Å²) >= 11 is 0. The summed E-state index contributed by atoms with van der Waals surface area (Å²) in [6.07, 6.45) is 11.0. The number of hydrogen-bond donors (Lipinski definition) is 1. The molecule has 1 amide bonds. The molecular weight excluding hydrogens is 270 g/mol. The van der Waals surface area contributed by atoms with Crippen LogP contribution >= 0.6 is 0 Å². The lowest BCUT2D eigenvalue weighted by Crippen LogP contribution is -2.42. The van der Waals surface area contributed by atoms with Crippen LogP contribution in [0.25, 0.3) is 0 Å². The summed E-state index contributed by atoms with van der Waals surface area (Å²) in [5.74, 6) is 1.78. The third-order valence-corrected chi connectivity index (χ3v) is 2.93. The number of carbonyl (C=O) groups excluding carboxylic acids is 2. The quantitative estimate of drug-likeness (QED) is 0.362. The topological polar surface area (TPSA) is 64.6 Å². The first-order valence-electron chi connectivity index (χ1n) is 7.69. The number of nitrogens with one attached hydrogen (secondary N) is 1. The normalized spacial score (nSPS) is 11.3. The fourth-order valence-electron chi connectivity index (χ4n) is 1.81. The summed E-state index contributed by atoms with van der Waals surface area (Å²) in [7, 11) is 0. The molecule has 1 atom stereocenters. The fourth-order valence-corrected chi connectivity index (χ4v) is 1.81. The molecule has 0 aromatic carbocycles. The van der Waals surface area contributed by atoms with Crippen molar-refractivity contribution in [1.82, 2.24) is 5.32 Å². The summed E-state index contributed by atoms with van der Waals surface area (Å²) in [5, 5.41) is 2.48. The Morgan fingerprint density at radius 3 is 2.43 bits per heavy atom. The Kier molecular flexibility index (Phi) is 12.2. The largest absolute Gasteiger partial charge is 0.464 e. The molecule has 5 nitrogen and oxygen atoms in total. The lowest BCUT2D eigenvalue weighted by atomic mass is 10.1. The number of ether oxygens (including phenoxy) is 2. The Balaban J connectivity index is 4.00. The van der Waals surface area contributed by atoms with Gasteiger partial charge in [-0.25, -0.2) is 9.59 Å². The van der Waals surface area contributed by atoms with Crippen LogP contribution < -0.4 is 5.32 Å². The van der Waals surface area contributed by atoms with Crippen LogP contribution in [0.2, 0.25) is 0 Å². The van der Waals surface area contributed by atoms with E-state index in [9.17, 15) is 9.59 Å². The van der Waals surface area contributed by atoms with Crippen molar-refractivity contribution in [3.8, 4) is 12.3 Å². The number of rotatable bonds is 11. The van der Waals surface area contributed by atoms with Crippen molar-refractivity contribution in [3.05, 3.63) is 0 Å². The smallest absolute Gasteiger partial charge is 0.408 e. The summed E-state index contributed by atoms with van der Waals surface area (Å²) in [6.45, 7) is 4.36. The molecule has 21 heavy (non-hydrogen) atoms. The Morgan fingerprint density at radius 2 is 1.81 bits per heavy atom. The van der Waals surface area contributed by atoms with Crippen molar-refractivity contribution in [2.75, 3.05) is 13.2 Å². The van der Waals surface area contributed by atoms with Gasteiger partial charge in [0.25, 0.3) is 0 Å². The van der Waals surface area contributed by atoms with Gasteiger partial charge in [0, 0.05) is 0 Å². The predicted octanol–water partition coefficient (Wildman–Crippen LogP) is 3.03. The molecule has 0 fully saturated rings. The summed E-state index contributed by atoms with van der Waals surface area (Å²) in [4.78, 5) is 23.3. The van der Waals surface area contributed by atoms with Gasteiger partial charge in [-0.05, 0) is 12.8 Å². The Morgan fingerprint density at radius 1 is 1.10 bits per heavy atom. The monoisotopic (exact) mass is 297 g/mol. The number of unbranched alkanes of at least 4 members (excludes halogenated alkanes) is 4. The molecule has 0 aromatic heterocycles. The second kappa shape index (κ2) is 13.3. The number of alkyl carbamates (subject to hydrolysis) is 1. The van der Waals surface area contributed by atoms with E-state index in [0.717, 1.165) is 25.7 Å². The van der Waals surface area contributed by atoms with Crippen molar-refractivity contribution in [2.45, 2.75) is 64.8 Å². The lowest BCUT2D eigenvalue weighted by molar-refractivity contribution is -0.146. The van der Waals surface area contributed by atoms with E-state index in [1.165, 1.54) is 12.8 Å². The van der Waals surface area contributed by atoms with Crippen molar-refractivity contribution < 1.29 is 19.1 Å². The van der Waals surface area contributed by atoms with Crippen LogP contribution in [0.15, 0.2) is 0 Å². The van der Waals surface area contributed by atoms with Crippen LogP contribution in [0.5, 0.6) is 0 Å². The van der Waals surface area contributed by atoms with E-state index in [4.69, 9.17) is 15.9 Å². The SMILES string of the molecule is C#CCOC(=O)NC(CCC)C(=O)OCCCCCCC. The summed E-state index contributed by atoms with van der Waals surface area (Å²) in [5.41, 5.74) is 0. The molecule has 0 aliphatic heterocycles. The van der Waals surface area contributed by atoms with E-state index >= 15 is 0 Å². The van der Waals surface area contributed by atoms with Gasteiger partial charge in [-0.3, -0.25) is 0 Å². The van der Waals surface area contributed by atoms with Gasteiger partial charge in [0.15, 0.2) is 6.61 Å². The highest BCUT2D eigenvalue weighted by molar-refractivity contribution is 5.81. The van der Waals surface area contributed by atoms with Crippen molar-refractivity contribution in [3.63, 3.8) is 0 Å². The number of hydrogen-bond acceptors (Lipinski definition) is 4. The van der Waals surface area contributed by atoms with Crippen LogP contribution in [0.1, 0.15) is 58.8 Å². The van der Waals surface area contributed by atoms with Gasteiger partial charge in [-0.2, -0.15) is 0 Å². The maximum Gasteiger partial charge on any atom is 0.408 e. The van der Waals surface area contributed by atoms with Gasteiger partial charge in [-0.15, -0.1) is 6.42 Å². The Bertz CT molecular complexity index is 336. The van der Waals surface area contributed by atoms with Crippen LogP contribution in [-0.4, -0.2) is 31.3 Å². The molecule has 0 saturated carbocycles. The van der Waals surface area contributed by atoms with E-state index in [1.807, 2.05) is 6.92 Å². The molecule has 0 radical (unpaired) electrons. The minimum absolute atomic E-state index is 0.114. The zero-order chi connectivity index (χ0) is 15.9. The molecule has 0 aliphatic carbocycles. The highest BCUT2D eigenvalue weighted by Crippen LogP contribution is 2.05. The predicted molar refractivity (Wildman–Crippen MR) is 81.7 cm³/mol. The first-order valence-corrected chi connectivity index (χ1v) is 7.69. The Labute approximate surface area is 127 Å². The van der Waals surface area contributed by atoms with E-state index < -0.39 is 18.1 Å². The second-order valence-corrected chi connectivity index (χ2v) is 4.85. The number of esters is 1. The molecule has 0 aliphatic rings. The van der Waals surface area contributed by atoms with E-state index in [-0.39, 0.29) is 6.61 Å². The number of terminal acetylenes is 1. The molecular formula is C16H27NO4. The molecule has 0 spiro atoms. The summed E-state index contributed by atoms with van der Waals surface area (Å²) in [6, 6.07) is -0.670. The third-order valence-electron chi connectivity index (χ3n) is 2.93. The van der Waals surface area contributed by atoms with Gasteiger partial charge in [-0.1, -0.05) is 51.9 Å². The minimum Gasteiger partial charge on any atom is -0.464 e. The van der Waals surface area contributed by atoms with Crippen molar-refractivity contribution in [1.29, 1.82) is 0 Å². The average Bonchev–Trinajstić information content (AvgIpc) is 2.48. The first kappa shape index (κ1) is 19.3. The number of amides is 1. The molecule has 0 rings (SSSR count).